The lowest BCUT2D eigenvalue weighted by atomic mass is 9.56. The van der Waals surface area contributed by atoms with E-state index in [4.69, 9.17) is 4.74 Å². The molecule has 0 aromatic rings. The van der Waals surface area contributed by atoms with E-state index in [9.17, 15) is 0 Å². The number of fused-ring (bicyclic) bond motifs is 1. The van der Waals surface area contributed by atoms with Gasteiger partial charge in [0.25, 0.3) is 0 Å². The molecule has 3 atom stereocenters. The molecule has 0 unspecified atom stereocenters. The maximum Gasteiger partial charge on any atom is 0.0761 e. The highest BCUT2D eigenvalue weighted by atomic mass is 16.5. The first kappa shape index (κ1) is 14.6. The van der Waals surface area contributed by atoms with E-state index in [1.54, 1.807) is 5.57 Å². The summed E-state index contributed by atoms with van der Waals surface area (Å²) in [5.41, 5.74) is 3.21. The Hall–Kier alpha value is -0.820. The zero-order valence-electron chi connectivity index (χ0n) is 13.1. The maximum absolute atomic E-state index is 5.89. The van der Waals surface area contributed by atoms with Crippen molar-refractivity contribution in [2.45, 2.75) is 52.6 Å². The van der Waals surface area contributed by atoms with Crippen LogP contribution in [0.25, 0.3) is 0 Å². The van der Waals surface area contributed by atoms with Gasteiger partial charge in [-0.25, -0.2) is 0 Å². The van der Waals surface area contributed by atoms with Gasteiger partial charge in [0, 0.05) is 18.4 Å². The molecule has 0 aliphatic heterocycles. The fourth-order valence-corrected chi connectivity index (χ4v) is 3.96. The Labute approximate surface area is 118 Å². The highest BCUT2D eigenvalue weighted by molar-refractivity contribution is 5.41. The molecule has 0 aromatic heterocycles. The molecule has 106 valence electrons. The number of hydrogen-bond donors (Lipinski definition) is 0. The van der Waals surface area contributed by atoms with Crippen LogP contribution in [0, 0.1) is 17.3 Å². The van der Waals surface area contributed by atoms with E-state index in [2.05, 4.69) is 46.4 Å². The van der Waals surface area contributed by atoms with E-state index in [0.29, 0.717) is 11.8 Å². The van der Waals surface area contributed by atoms with Gasteiger partial charge in [-0.15, -0.1) is 6.58 Å². The van der Waals surface area contributed by atoms with Crippen LogP contribution in [-0.4, -0.2) is 12.7 Å². The summed E-state index contributed by atoms with van der Waals surface area (Å²) in [6, 6.07) is 0. The van der Waals surface area contributed by atoms with Crippen LogP contribution in [0.3, 0.4) is 0 Å². The average molecular weight is 260 g/mol. The lowest BCUT2D eigenvalue weighted by molar-refractivity contribution is -0.0565. The molecule has 0 aromatic carbocycles. The second-order valence-corrected chi connectivity index (χ2v) is 7.09. The zero-order valence-corrected chi connectivity index (χ0v) is 13.1. The number of allylic oxidation sites excluding steroid dienone is 3. The van der Waals surface area contributed by atoms with Crippen molar-refractivity contribution in [1.82, 2.24) is 0 Å². The van der Waals surface area contributed by atoms with Gasteiger partial charge in [-0.1, -0.05) is 50.1 Å². The summed E-state index contributed by atoms with van der Waals surface area (Å²) in [6.45, 7) is 13.1. The minimum absolute atomic E-state index is 0.0533. The van der Waals surface area contributed by atoms with Gasteiger partial charge in [-0.3, -0.25) is 0 Å². The van der Waals surface area contributed by atoms with Crippen LogP contribution >= 0.6 is 0 Å². The average Bonchev–Trinajstić information content (AvgIpc) is 2.31. The Morgan fingerprint density at radius 1 is 1.47 bits per heavy atom. The van der Waals surface area contributed by atoms with Crippen molar-refractivity contribution in [3.05, 3.63) is 36.0 Å². The third-order valence-corrected chi connectivity index (χ3v) is 4.86. The summed E-state index contributed by atoms with van der Waals surface area (Å²) < 4.78 is 5.89. The van der Waals surface area contributed by atoms with Crippen LogP contribution in [0.2, 0.25) is 0 Å². The van der Waals surface area contributed by atoms with Crippen molar-refractivity contribution >= 4 is 0 Å². The molecule has 0 spiro atoms. The molecule has 0 radical (unpaired) electrons. The van der Waals surface area contributed by atoms with Crippen LogP contribution in [0.4, 0.5) is 0 Å². The molecule has 0 N–H and O–H groups in total. The topological polar surface area (TPSA) is 9.23 Å². The number of methoxy groups -OCH3 is 1. The minimum atomic E-state index is -0.0533. The Bertz CT molecular complexity index is 429. The first-order valence-electron chi connectivity index (χ1n) is 7.43. The molecular weight excluding hydrogens is 232 g/mol. The Kier molecular flexibility index (Phi) is 3.79. The summed E-state index contributed by atoms with van der Waals surface area (Å²) in [5, 5.41) is 0. The van der Waals surface area contributed by atoms with Crippen LogP contribution < -0.4 is 0 Å². The van der Waals surface area contributed by atoms with E-state index >= 15 is 0 Å². The van der Waals surface area contributed by atoms with Crippen molar-refractivity contribution in [1.29, 1.82) is 0 Å². The van der Waals surface area contributed by atoms with Crippen LogP contribution in [0.15, 0.2) is 36.0 Å². The lowest BCUT2D eigenvalue weighted by Crippen LogP contribution is -2.49. The molecule has 0 heterocycles. The van der Waals surface area contributed by atoms with Gasteiger partial charge < -0.3 is 4.74 Å². The van der Waals surface area contributed by atoms with Gasteiger partial charge in [-0.05, 0) is 32.1 Å². The Morgan fingerprint density at radius 3 is 2.63 bits per heavy atom. The highest BCUT2D eigenvalue weighted by Crippen LogP contribution is 2.56. The molecule has 2 bridgehead atoms. The smallest absolute Gasteiger partial charge is 0.0761 e. The Morgan fingerprint density at radius 2 is 2.16 bits per heavy atom. The van der Waals surface area contributed by atoms with Gasteiger partial charge in [0.15, 0.2) is 0 Å². The fourth-order valence-electron chi connectivity index (χ4n) is 3.96. The van der Waals surface area contributed by atoms with E-state index in [1.165, 1.54) is 12.0 Å². The standard InChI is InChI=1S/C18H28O/c1-7-8-14-11-17(4)12-18(5,19-6)16(14)10-15(17)9-13(2)3/h7,10-11,13,16H,1,8-9,12H2,2-6H3/t16-,17+,18+/m0/s1. The first-order valence-corrected chi connectivity index (χ1v) is 7.43. The van der Waals surface area contributed by atoms with Crippen LogP contribution in [0.1, 0.15) is 47.0 Å². The van der Waals surface area contributed by atoms with Crippen molar-refractivity contribution < 1.29 is 4.74 Å². The van der Waals surface area contributed by atoms with Crippen molar-refractivity contribution in [3.8, 4) is 0 Å². The van der Waals surface area contributed by atoms with E-state index < -0.39 is 0 Å². The van der Waals surface area contributed by atoms with Crippen molar-refractivity contribution in [2.75, 3.05) is 7.11 Å². The van der Waals surface area contributed by atoms with Crippen LogP contribution in [0.5, 0.6) is 0 Å². The quantitative estimate of drug-likeness (QED) is 0.638. The second-order valence-electron chi connectivity index (χ2n) is 7.09. The van der Waals surface area contributed by atoms with Gasteiger partial charge in [-0.2, -0.15) is 0 Å². The molecule has 1 heteroatoms. The molecule has 3 aliphatic carbocycles. The summed E-state index contributed by atoms with van der Waals surface area (Å²) in [6.07, 6.45) is 10.3. The monoisotopic (exact) mass is 260 g/mol. The molecule has 0 saturated heterocycles. The predicted molar refractivity (Wildman–Crippen MR) is 82.1 cm³/mol. The maximum atomic E-state index is 5.89. The largest absolute Gasteiger partial charge is 0.378 e. The van der Waals surface area contributed by atoms with E-state index in [-0.39, 0.29) is 11.0 Å². The van der Waals surface area contributed by atoms with Crippen molar-refractivity contribution in [2.24, 2.45) is 17.3 Å². The second kappa shape index (κ2) is 4.94. The molecule has 3 aliphatic rings. The number of hydrogen-bond acceptors (Lipinski definition) is 1. The summed E-state index contributed by atoms with van der Waals surface area (Å²) in [7, 11) is 1.85. The summed E-state index contributed by atoms with van der Waals surface area (Å²) in [4.78, 5) is 0. The van der Waals surface area contributed by atoms with Crippen molar-refractivity contribution in [3.63, 3.8) is 0 Å². The summed E-state index contributed by atoms with van der Waals surface area (Å²) in [5.74, 6) is 1.14. The zero-order chi connectivity index (χ0) is 14.3. The fraction of sp³-hybridized carbons (Fsp3) is 0.667. The van der Waals surface area contributed by atoms with E-state index in [0.717, 1.165) is 12.8 Å². The number of ether oxygens (including phenoxy) is 1. The third-order valence-electron chi connectivity index (χ3n) is 4.86. The predicted octanol–water partition coefficient (Wildman–Crippen LogP) is 4.91. The Balaban J connectivity index is 2.41. The molecule has 0 fully saturated rings. The molecular formula is C18H28O. The molecule has 3 rings (SSSR count). The van der Waals surface area contributed by atoms with Gasteiger partial charge in [0.1, 0.15) is 0 Å². The van der Waals surface area contributed by atoms with Crippen LogP contribution in [-0.2, 0) is 4.74 Å². The SMILES string of the molecule is C=CCC1=C[C@]2(C)C[C@@](C)(OC)[C@H]1C=C2CC(C)C. The van der Waals surface area contributed by atoms with Gasteiger partial charge >= 0.3 is 0 Å². The summed E-state index contributed by atoms with van der Waals surface area (Å²) >= 11 is 0. The van der Waals surface area contributed by atoms with Gasteiger partial charge in [0.2, 0.25) is 0 Å². The van der Waals surface area contributed by atoms with E-state index in [1.807, 2.05) is 13.2 Å². The molecule has 19 heavy (non-hydrogen) atoms. The highest BCUT2D eigenvalue weighted by Gasteiger charge is 2.50. The lowest BCUT2D eigenvalue weighted by Gasteiger charge is -2.53. The first-order chi connectivity index (χ1) is 8.84. The molecule has 1 nitrogen and oxygen atoms in total. The molecule has 0 saturated carbocycles. The molecule has 0 amide bonds. The normalized spacial score (nSPS) is 37.3. The number of rotatable bonds is 5. The van der Waals surface area contributed by atoms with Gasteiger partial charge in [0.05, 0.1) is 5.60 Å². The third kappa shape index (κ3) is 2.45. The minimum Gasteiger partial charge on any atom is -0.378 e.